The summed E-state index contributed by atoms with van der Waals surface area (Å²) in [6, 6.07) is 13.4. The van der Waals surface area contributed by atoms with E-state index in [2.05, 4.69) is 61.4 Å². The molecular formula is C23H23FN2. The topological polar surface area (TPSA) is 17.8 Å². The maximum atomic E-state index is 13.8. The van der Waals surface area contributed by atoms with Crippen LogP contribution in [0.25, 0.3) is 5.82 Å². The van der Waals surface area contributed by atoms with Crippen molar-refractivity contribution in [2.75, 3.05) is 0 Å². The Hall–Kier alpha value is -2.86. The van der Waals surface area contributed by atoms with E-state index in [0.29, 0.717) is 0 Å². The van der Waals surface area contributed by atoms with E-state index >= 15 is 0 Å². The molecule has 132 valence electrons. The smallest absolute Gasteiger partial charge is 0.137 e. The van der Waals surface area contributed by atoms with Gasteiger partial charge in [-0.3, -0.25) is 0 Å². The molecule has 0 atom stereocenters. The number of aromatic nitrogens is 2. The Morgan fingerprint density at radius 1 is 0.962 bits per heavy atom. The highest BCUT2D eigenvalue weighted by Crippen LogP contribution is 2.18. The van der Waals surface area contributed by atoms with Crippen molar-refractivity contribution in [1.29, 1.82) is 0 Å². The van der Waals surface area contributed by atoms with Gasteiger partial charge in [0.15, 0.2) is 0 Å². The van der Waals surface area contributed by atoms with Gasteiger partial charge in [0.1, 0.15) is 11.6 Å². The number of hydrogen-bond acceptors (Lipinski definition) is 1. The van der Waals surface area contributed by atoms with Crippen molar-refractivity contribution in [2.24, 2.45) is 0 Å². The van der Waals surface area contributed by atoms with Gasteiger partial charge in [-0.1, -0.05) is 5.92 Å². The van der Waals surface area contributed by atoms with Crippen LogP contribution in [-0.2, 0) is 12.8 Å². The lowest BCUT2D eigenvalue weighted by Crippen LogP contribution is -2.05. The summed E-state index contributed by atoms with van der Waals surface area (Å²) in [6.07, 6.45) is 1.49. The fourth-order valence-corrected chi connectivity index (χ4v) is 3.28. The molecule has 0 saturated carbocycles. The predicted molar refractivity (Wildman–Crippen MR) is 104 cm³/mol. The van der Waals surface area contributed by atoms with Gasteiger partial charge < -0.3 is 4.57 Å². The molecule has 0 fully saturated rings. The highest BCUT2D eigenvalue weighted by Gasteiger charge is 2.08. The molecule has 2 heterocycles. The first-order valence-electron chi connectivity index (χ1n) is 8.81. The van der Waals surface area contributed by atoms with Gasteiger partial charge in [-0.15, -0.1) is 5.92 Å². The van der Waals surface area contributed by atoms with Gasteiger partial charge in [0.05, 0.1) is 0 Å². The number of benzene rings is 1. The molecule has 0 saturated heterocycles. The molecule has 0 spiro atoms. The lowest BCUT2D eigenvalue weighted by Gasteiger charge is -2.12. The van der Waals surface area contributed by atoms with Gasteiger partial charge >= 0.3 is 0 Å². The summed E-state index contributed by atoms with van der Waals surface area (Å²) in [7, 11) is 0. The molecule has 0 unspecified atom stereocenters. The van der Waals surface area contributed by atoms with E-state index in [1.807, 2.05) is 6.07 Å². The quantitative estimate of drug-likeness (QED) is 0.602. The second-order valence-corrected chi connectivity index (χ2v) is 6.67. The van der Waals surface area contributed by atoms with E-state index in [0.717, 1.165) is 35.5 Å². The summed E-state index contributed by atoms with van der Waals surface area (Å²) >= 11 is 0. The van der Waals surface area contributed by atoms with E-state index in [-0.39, 0.29) is 5.82 Å². The number of halogens is 1. The molecular weight excluding hydrogens is 323 g/mol. The van der Waals surface area contributed by atoms with Crippen LogP contribution in [0, 0.1) is 38.4 Å². The minimum absolute atomic E-state index is 0.239. The Morgan fingerprint density at radius 3 is 2.38 bits per heavy atom. The van der Waals surface area contributed by atoms with Gasteiger partial charge in [0, 0.05) is 22.6 Å². The summed E-state index contributed by atoms with van der Waals surface area (Å²) in [5, 5.41) is 0. The number of aryl methyl sites for hydroxylation is 5. The fraction of sp³-hybridized carbons (Fsp3) is 0.261. The van der Waals surface area contributed by atoms with Crippen LogP contribution >= 0.6 is 0 Å². The summed E-state index contributed by atoms with van der Waals surface area (Å²) < 4.78 is 16.0. The van der Waals surface area contributed by atoms with Crippen molar-refractivity contribution < 1.29 is 4.39 Å². The highest BCUT2D eigenvalue weighted by atomic mass is 19.1. The van der Waals surface area contributed by atoms with Crippen molar-refractivity contribution in [3.63, 3.8) is 0 Å². The van der Waals surface area contributed by atoms with Gasteiger partial charge in [0.25, 0.3) is 0 Å². The third-order valence-corrected chi connectivity index (χ3v) is 4.41. The largest absolute Gasteiger partial charge is 0.303 e. The molecule has 3 aromatic rings. The van der Waals surface area contributed by atoms with Crippen LogP contribution in [0.2, 0.25) is 0 Å². The standard InChI is InChI=1S/C23H23FN2/c1-5-6-19-13-20(15-21(24)14-19)9-10-22-11-16(2)12-23(25-22)26-17(3)7-8-18(26)4/h7-8,11-15H,9-10H2,1-4H3. The summed E-state index contributed by atoms with van der Waals surface area (Å²) in [4.78, 5) is 4.84. The first-order valence-corrected chi connectivity index (χ1v) is 8.81. The SMILES string of the molecule is CC#Cc1cc(F)cc(CCc2cc(C)cc(-n3c(C)ccc3C)n2)c1. The first kappa shape index (κ1) is 17.9. The minimum Gasteiger partial charge on any atom is -0.303 e. The molecule has 0 N–H and O–H groups in total. The summed E-state index contributed by atoms with van der Waals surface area (Å²) in [5.41, 5.74) is 6.19. The van der Waals surface area contributed by atoms with E-state index in [4.69, 9.17) is 4.98 Å². The van der Waals surface area contributed by atoms with Crippen LogP contribution in [0.15, 0.2) is 42.5 Å². The lowest BCUT2D eigenvalue weighted by atomic mass is 10.0. The second-order valence-electron chi connectivity index (χ2n) is 6.67. The minimum atomic E-state index is -0.239. The normalized spacial score (nSPS) is 10.5. The average Bonchev–Trinajstić information content (AvgIpc) is 2.91. The monoisotopic (exact) mass is 346 g/mol. The zero-order valence-electron chi connectivity index (χ0n) is 15.7. The van der Waals surface area contributed by atoms with Gasteiger partial charge in [-0.05, 0) is 94.1 Å². The molecule has 2 aromatic heterocycles. The average molecular weight is 346 g/mol. The van der Waals surface area contributed by atoms with Crippen molar-refractivity contribution in [3.05, 3.63) is 82.1 Å². The van der Waals surface area contributed by atoms with Crippen LogP contribution in [0.4, 0.5) is 4.39 Å². The molecule has 0 bridgehead atoms. The molecule has 2 nitrogen and oxygen atoms in total. The van der Waals surface area contributed by atoms with Crippen molar-refractivity contribution >= 4 is 0 Å². The molecule has 3 rings (SSSR count). The molecule has 0 aliphatic rings. The maximum absolute atomic E-state index is 13.8. The number of pyridine rings is 1. The molecule has 3 heteroatoms. The maximum Gasteiger partial charge on any atom is 0.137 e. The van der Waals surface area contributed by atoms with Crippen molar-refractivity contribution in [2.45, 2.75) is 40.5 Å². The Labute approximate surface area is 154 Å². The van der Waals surface area contributed by atoms with Gasteiger partial charge in [-0.25, -0.2) is 9.37 Å². The van der Waals surface area contributed by atoms with E-state index < -0.39 is 0 Å². The second kappa shape index (κ2) is 7.58. The van der Waals surface area contributed by atoms with Crippen molar-refractivity contribution in [1.82, 2.24) is 9.55 Å². The number of hydrogen-bond donors (Lipinski definition) is 0. The first-order chi connectivity index (χ1) is 12.5. The third-order valence-electron chi connectivity index (χ3n) is 4.41. The van der Waals surface area contributed by atoms with Crippen LogP contribution in [0.1, 0.15) is 40.7 Å². The van der Waals surface area contributed by atoms with Crippen LogP contribution < -0.4 is 0 Å². The van der Waals surface area contributed by atoms with Gasteiger partial charge in [0.2, 0.25) is 0 Å². The van der Waals surface area contributed by atoms with Crippen LogP contribution in [-0.4, -0.2) is 9.55 Å². The van der Waals surface area contributed by atoms with E-state index in [9.17, 15) is 4.39 Å². The molecule has 0 aliphatic heterocycles. The molecule has 0 radical (unpaired) electrons. The molecule has 0 amide bonds. The summed E-state index contributed by atoms with van der Waals surface area (Å²) in [6.45, 7) is 8.01. The van der Waals surface area contributed by atoms with Gasteiger partial charge in [-0.2, -0.15) is 0 Å². The molecule has 0 aliphatic carbocycles. The Balaban J connectivity index is 1.86. The zero-order valence-corrected chi connectivity index (χ0v) is 15.7. The molecule has 26 heavy (non-hydrogen) atoms. The Bertz CT molecular complexity index is 983. The Morgan fingerprint density at radius 2 is 1.69 bits per heavy atom. The van der Waals surface area contributed by atoms with Crippen LogP contribution in [0.5, 0.6) is 0 Å². The zero-order chi connectivity index (χ0) is 18.7. The predicted octanol–water partition coefficient (Wildman–Crippen LogP) is 5.09. The van der Waals surface area contributed by atoms with E-state index in [1.54, 1.807) is 13.0 Å². The fourth-order valence-electron chi connectivity index (χ4n) is 3.28. The molecule has 1 aromatic carbocycles. The lowest BCUT2D eigenvalue weighted by molar-refractivity contribution is 0.624. The number of rotatable bonds is 4. The Kier molecular flexibility index (Phi) is 5.23. The van der Waals surface area contributed by atoms with Crippen molar-refractivity contribution in [3.8, 4) is 17.7 Å². The number of nitrogens with zero attached hydrogens (tertiary/aromatic N) is 2. The van der Waals surface area contributed by atoms with E-state index in [1.165, 1.54) is 23.0 Å². The summed E-state index contributed by atoms with van der Waals surface area (Å²) in [5.74, 6) is 6.45. The third kappa shape index (κ3) is 4.03. The van der Waals surface area contributed by atoms with Crippen LogP contribution in [0.3, 0.4) is 0 Å². The highest BCUT2D eigenvalue weighted by molar-refractivity contribution is 5.38.